The van der Waals surface area contributed by atoms with E-state index in [1.807, 2.05) is 12.2 Å². The van der Waals surface area contributed by atoms with Gasteiger partial charge in [0.05, 0.1) is 38.1 Å². The van der Waals surface area contributed by atoms with Gasteiger partial charge < -0.3 is 49.3 Å². The molecule has 1 aliphatic heterocycles. The van der Waals surface area contributed by atoms with Crippen LogP contribution in [0.3, 0.4) is 0 Å². The number of phosphoric acid groups is 2. The molecule has 1 aliphatic rings. The topological polar surface area (TPSA) is 265 Å². The van der Waals surface area contributed by atoms with E-state index in [9.17, 15) is 44.0 Å². The number of hydrogen-bond donors (Lipinski definition) is 7. The summed E-state index contributed by atoms with van der Waals surface area (Å²) in [5.41, 5.74) is 0. The number of ether oxygens (including phenoxy) is 3. The van der Waals surface area contributed by atoms with Gasteiger partial charge in [-0.3, -0.25) is 23.2 Å². The van der Waals surface area contributed by atoms with Crippen LogP contribution in [0.4, 0.5) is 0 Å². The number of aliphatic hydroxyl groups is 4. The fourth-order valence-corrected chi connectivity index (χ4v) is 7.16. The summed E-state index contributed by atoms with van der Waals surface area (Å²) in [6.45, 7) is 3.55. The Morgan fingerprint density at radius 2 is 1.43 bits per heavy atom. The van der Waals surface area contributed by atoms with Crippen LogP contribution >= 0.6 is 15.6 Å². The molecule has 0 spiro atoms. The van der Waals surface area contributed by atoms with Crippen LogP contribution in [-0.2, 0) is 46.5 Å². The average Bonchev–Trinajstić information content (AvgIpc) is 3.16. The average molecular weight is 875 g/mol. The Hall–Kier alpha value is -1.56. The normalized spacial score (nSPS) is 22.1. The first kappa shape index (κ1) is 54.5. The van der Waals surface area contributed by atoms with Crippen LogP contribution in [0.2, 0.25) is 0 Å². The highest BCUT2D eigenvalue weighted by molar-refractivity contribution is 7.47. The number of allylic oxidation sites excluding steroid dienone is 2. The summed E-state index contributed by atoms with van der Waals surface area (Å²) in [6, 6.07) is 0. The van der Waals surface area contributed by atoms with Crippen molar-refractivity contribution in [2.45, 2.75) is 173 Å². The second kappa shape index (κ2) is 31.3. The Kier molecular flexibility index (Phi) is 29.4. The summed E-state index contributed by atoms with van der Waals surface area (Å²) in [7, 11) is -9.76. The molecule has 0 aliphatic carbocycles. The highest BCUT2D eigenvalue weighted by Gasteiger charge is 2.35. The first-order valence-electron chi connectivity index (χ1n) is 20.8. The van der Waals surface area contributed by atoms with Gasteiger partial charge in [-0.1, -0.05) is 109 Å². The van der Waals surface area contributed by atoms with Crippen molar-refractivity contribution in [2.24, 2.45) is 11.8 Å². The summed E-state index contributed by atoms with van der Waals surface area (Å²) in [5.74, 6) is -0.866. The molecule has 7 N–H and O–H groups in total. The van der Waals surface area contributed by atoms with E-state index < -0.39 is 90.8 Å². The number of esters is 2. The van der Waals surface area contributed by atoms with Crippen molar-refractivity contribution in [1.29, 1.82) is 0 Å². The summed E-state index contributed by atoms with van der Waals surface area (Å²) in [6.07, 6.45) is 14.0. The van der Waals surface area contributed by atoms with Gasteiger partial charge >= 0.3 is 27.6 Å². The van der Waals surface area contributed by atoms with Crippen molar-refractivity contribution in [3.05, 3.63) is 24.3 Å². The number of carbonyl (C=O) groups is 2. The molecular formula is C39H72O17P2. The van der Waals surface area contributed by atoms with E-state index in [4.69, 9.17) is 28.5 Å². The zero-order valence-corrected chi connectivity index (χ0v) is 36.4. The molecule has 9 atom stereocenters. The fourth-order valence-electron chi connectivity index (χ4n) is 6.01. The number of hydrogen-bond acceptors (Lipinski definition) is 14. The predicted molar refractivity (Wildman–Crippen MR) is 215 cm³/mol. The lowest BCUT2D eigenvalue weighted by molar-refractivity contribution is -0.199. The van der Waals surface area contributed by atoms with Crippen LogP contribution in [0.15, 0.2) is 24.3 Å². The van der Waals surface area contributed by atoms with Gasteiger partial charge in [0.2, 0.25) is 0 Å². The lowest BCUT2D eigenvalue weighted by Gasteiger charge is -2.36. The van der Waals surface area contributed by atoms with E-state index in [0.29, 0.717) is 38.0 Å². The van der Waals surface area contributed by atoms with Crippen LogP contribution in [0.1, 0.15) is 136 Å². The molecule has 58 heavy (non-hydrogen) atoms. The molecule has 1 heterocycles. The van der Waals surface area contributed by atoms with Gasteiger partial charge in [0, 0.05) is 25.2 Å². The Morgan fingerprint density at radius 1 is 0.793 bits per heavy atom. The molecular weight excluding hydrogens is 802 g/mol. The summed E-state index contributed by atoms with van der Waals surface area (Å²) >= 11 is 0. The third kappa shape index (κ3) is 28.8. The minimum atomic E-state index is -4.89. The van der Waals surface area contributed by atoms with Gasteiger partial charge in [-0.25, -0.2) is 9.13 Å². The summed E-state index contributed by atoms with van der Waals surface area (Å²) in [5, 5.41) is 40.6. The quantitative estimate of drug-likeness (QED) is 0.0171. The minimum Gasteiger partial charge on any atom is -0.462 e. The Bertz CT molecular complexity index is 1260. The predicted octanol–water partition coefficient (Wildman–Crippen LogP) is 5.91. The SMILES string of the molecule is CCCCC[C@H](O)/C=C/[C@H]1OC(O)C[C@H](O)[C@@H]1C/C=C\CCCC(=O)OC[C@H](COP(=O)(O)OC[C@@H](O)COP(=O)(O)O)OC(=O)CCCCCCCCC(C)CC. The van der Waals surface area contributed by atoms with Crippen molar-refractivity contribution < 1.29 is 81.6 Å². The van der Waals surface area contributed by atoms with Crippen LogP contribution in [0, 0.1) is 11.8 Å². The monoisotopic (exact) mass is 874 g/mol. The molecule has 0 bridgehead atoms. The van der Waals surface area contributed by atoms with Gasteiger partial charge in [0.15, 0.2) is 12.4 Å². The number of unbranched alkanes of at least 4 members (excludes halogenated alkanes) is 8. The second-order valence-electron chi connectivity index (χ2n) is 15.0. The van der Waals surface area contributed by atoms with E-state index in [1.165, 1.54) is 19.3 Å². The number of aliphatic hydroxyl groups excluding tert-OH is 4. The lowest BCUT2D eigenvalue weighted by Crippen LogP contribution is -2.43. The van der Waals surface area contributed by atoms with Crippen LogP contribution in [-0.4, -0.2) is 110 Å². The lowest BCUT2D eigenvalue weighted by atomic mass is 9.87. The van der Waals surface area contributed by atoms with Crippen molar-refractivity contribution >= 4 is 27.6 Å². The standard InChI is InChI=1S/C39H72O17P2/c1-4-6-13-19-31(40)23-24-36-34(35(42)25-39(45)56-36)20-15-11-12-16-21-37(43)51-28-33(29-54-58(49,50)53-27-32(41)26-52-57(46,47)48)55-38(44)22-17-10-8-7-9-14-18-30(3)5-2/h11,15,23-24,30-36,39-42,45H,4-10,12-14,16-22,25-29H2,1-3H3,(H,49,50)(H2,46,47,48)/b15-11-,24-23+/t30?,31-,32-,33+,34-,35-,36+,39?/m0/s1. The van der Waals surface area contributed by atoms with Gasteiger partial charge in [-0.05, 0) is 38.0 Å². The maximum absolute atomic E-state index is 12.6. The smallest absolute Gasteiger partial charge is 0.462 e. The van der Waals surface area contributed by atoms with Crippen LogP contribution in [0.5, 0.6) is 0 Å². The van der Waals surface area contributed by atoms with Crippen molar-refractivity contribution in [2.75, 3.05) is 26.4 Å². The third-order valence-electron chi connectivity index (χ3n) is 9.67. The van der Waals surface area contributed by atoms with Crippen molar-refractivity contribution in [1.82, 2.24) is 0 Å². The molecule has 19 heteroatoms. The maximum atomic E-state index is 12.6. The van der Waals surface area contributed by atoms with Gasteiger partial charge in [-0.2, -0.15) is 0 Å². The van der Waals surface area contributed by atoms with Crippen molar-refractivity contribution in [3.63, 3.8) is 0 Å². The molecule has 1 saturated heterocycles. The largest absolute Gasteiger partial charge is 0.472 e. The zero-order chi connectivity index (χ0) is 43.4. The number of rotatable bonds is 34. The first-order valence-corrected chi connectivity index (χ1v) is 23.8. The molecule has 0 aromatic rings. The van der Waals surface area contributed by atoms with Gasteiger partial charge in [-0.15, -0.1) is 0 Å². The molecule has 1 rings (SSSR count). The van der Waals surface area contributed by atoms with Crippen molar-refractivity contribution in [3.8, 4) is 0 Å². The highest BCUT2D eigenvalue weighted by Crippen LogP contribution is 2.44. The molecule has 340 valence electrons. The molecule has 3 unspecified atom stereocenters. The van der Waals surface area contributed by atoms with E-state index in [2.05, 4.69) is 29.8 Å². The Labute approximate surface area is 344 Å². The van der Waals surface area contributed by atoms with E-state index >= 15 is 0 Å². The molecule has 0 radical (unpaired) electrons. The fraction of sp³-hybridized carbons (Fsp3) is 0.846. The van der Waals surface area contributed by atoms with Gasteiger partial charge in [0.25, 0.3) is 0 Å². The Morgan fingerprint density at radius 3 is 2.12 bits per heavy atom. The summed E-state index contributed by atoms with van der Waals surface area (Å²) < 4.78 is 53.3. The van der Waals surface area contributed by atoms with Crippen LogP contribution in [0.25, 0.3) is 0 Å². The van der Waals surface area contributed by atoms with Crippen LogP contribution < -0.4 is 0 Å². The second-order valence-corrected chi connectivity index (χ2v) is 17.7. The van der Waals surface area contributed by atoms with E-state index in [1.54, 1.807) is 12.2 Å². The maximum Gasteiger partial charge on any atom is 0.472 e. The molecule has 17 nitrogen and oxygen atoms in total. The molecule has 0 aromatic carbocycles. The zero-order valence-electron chi connectivity index (χ0n) is 34.6. The Balaban J connectivity index is 2.63. The minimum absolute atomic E-state index is 0.00202. The number of carbonyl (C=O) groups excluding carboxylic acids is 2. The first-order chi connectivity index (χ1) is 27.4. The molecule has 0 aromatic heterocycles. The van der Waals surface area contributed by atoms with E-state index in [-0.39, 0.29) is 25.2 Å². The molecule has 0 saturated carbocycles. The van der Waals surface area contributed by atoms with E-state index in [0.717, 1.165) is 44.9 Å². The van der Waals surface area contributed by atoms with Gasteiger partial charge in [0.1, 0.15) is 12.7 Å². The highest BCUT2D eigenvalue weighted by atomic mass is 31.2. The summed E-state index contributed by atoms with van der Waals surface area (Å²) in [4.78, 5) is 52.8. The third-order valence-corrected chi connectivity index (χ3v) is 11.1. The number of phosphoric ester groups is 2. The molecule has 1 fully saturated rings. The molecule has 0 amide bonds.